The van der Waals surface area contributed by atoms with Crippen LogP contribution in [-0.2, 0) is 0 Å². The van der Waals surface area contributed by atoms with Gasteiger partial charge in [0.2, 0.25) is 0 Å². The van der Waals surface area contributed by atoms with Crippen LogP contribution in [0, 0.1) is 0 Å². The molecule has 0 aliphatic carbocycles. The third kappa shape index (κ3) is 0.943. The summed E-state index contributed by atoms with van der Waals surface area (Å²) in [5.74, 6) is 5.31. The van der Waals surface area contributed by atoms with Gasteiger partial charge in [0.1, 0.15) is 6.29 Å². The predicted molar refractivity (Wildman–Crippen MR) is 32.8 cm³/mol. The number of hydrazine groups is 2. The van der Waals surface area contributed by atoms with E-state index < -0.39 is 0 Å². The Morgan fingerprint density at radius 1 is 1.75 bits per heavy atom. The van der Waals surface area contributed by atoms with E-state index in [1.54, 1.807) is 0 Å². The molecule has 0 aromatic heterocycles. The molecule has 1 heterocycles. The van der Waals surface area contributed by atoms with Gasteiger partial charge in [0.25, 0.3) is 0 Å². The smallest absolute Gasteiger partial charge is 0.137 e. The second kappa shape index (κ2) is 2.18. The lowest BCUT2D eigenvalue weighted by molar-refractivity contribution is 0.112. The number of hydrogen-bond acceptors (Lipinski definition) is 6. The van der Waals surface area contributed by atoms with Crippen molar-refractivity contribution in [1.82, 2.24) is 14.8 Å². The molecule has 1 atom stereocenters. The Morgan fingerprint density at radius 2 is 2.38 bits per heavy atom. The Balaban J connectivity index is 2.44. The first-order chi connectivity index (χ1) is 3.72. The average molecular weight is 135 g/mol. The minimum atomic E-state index is -0.261. The second-order valence-electron chi connectivity index (χ2n) is 1.57. The van der Waals surface area contributed by atoms with Gasteiger partial charge in [-0.2, -0.15) is 5.12 Å². The largest absolute Gasteiger partial charge is 0.302 e. The first-order valence-corrected chi connectivity index (χ1v) is 2.61. The van der Waals surface area contributed by atoms with Crippen molar-refractivity contribution in [3.8, 4) is 0 Å². The molecule has 0 saturated carbocycles. The Labute approximate surface area is 53.1 Å². The monoisotopic (exact) mass is 135 g/mol. The summed E-state index contributed by atoms with van der Waals surface area (Å²) in [5.41, 5.74) is 5.39. The van der Waals surface area contributed by atoms with Crippen molar-refractivity contribution in [2.24, 2.45) is 11.6 Å². The lowest BCUT2D eigenvalue weighted by atomic mass is 10.9. The SMILES string of the molecule is NC1NCN(N)N1S. The zero-order valence-electron chi connectivity index (χ0n) is 4.28. The predicted octanol–water partition coefficient (Wildman–Crippen LogP) is -1.97. The van der Waals surface area contributed by atoms with Gasteiger partial charge in [-0.15, -0.1) is 4.41 Å². The molecule has 1 rings (SSSR count). The standard InChI is InChI=1S/C2H9N5S/c3-2-5-1-6(4)7(2)8/h2,5,8H,1,3-4H2. The molecule has 6 heteroatoms. The summed E-state index contributed by atoms with van der Waals surface area (Å²) in [4.78, 5) is 0. The van der Waals surface area contributed by atoms with Crippen molar-refractivity contribution in [2.75, 3.05) is 6.67 Å². The molecule has 1 aliphatic rings. The van der Waals surface area contributed by atoms with Crippen molar-refractivity contribution in [2.45, 2.75) is 6.29 Å². The van der Waals surface area contributed by atoms with E-state index in [4.69, 9.17) is 11.6 Å². The summed E-state index contributed by atoms with van der Waals surface area (Å²) in [5, 5.41) is 4.23. The van der Waals surface area contributed by atoms with E-state index in [-0.39, 0.29) is 6.29 Å². The van der Waals surface area contributed by atoms with Crippen LogP contribution < -0.4 is 16.9 Å². The van der Waals surface area contributed by atoms with Gasteiger partial charge >= 0.3 is 0 Å². The fourth-order valence-electron chi connectivity index (χ4n) is 0.501. The van der Waals surface area contributed by atoms with E-state index in [0.717, 1.165) is 0 Å². The zero-order chi connectivity index (χ0) is 6.15. The van der Waals surface area contributed by atoms with Gasteiger partial charge in [0, 0.05) is 0 Å². The third-order valence-corrected chi connectivity index (χ3v) is 1.45. The second-order valence-corrected chi connectivity index (χ2v) is 1.98. The van der Waals surface area contributed by atoms with Crippen LogP contribution in [0.15, 0.2) is 0 Å². The molecule has 0 amide bonds. The molecule has 1 unspecified atom stereocenters. The maximum Gasteiger partial charge on any atom is 0.137 e. The van der Waals surface area contributed by atoms with Crippen molar-refractivity contribution in [1.29, 1.82) is 0 Å². The Kier molecular flexibility index (Phi) is 1.71. The molecule has 48 valence electrons. The summed E-state index contributed by atoms with van der Waals surface area (Å²) < 4.78 is 1.42. The van der Waals surface area contributed by atoms with Gasteiger partial charge in [-0.05, 0) is 0 Å². The quantitative estimate of drug-likeness (QED) is 0.229. The maximum atomic E-state index is 5.39. The third-order valence-electron chi connectivity index (χ3n) is 0.974. The van der Waals surface area contributed by atoms with Crippen LogP contribution in [0.5, 0.6) is 0 Å². The minimum absolute atomic E-state index is 0.261. The van der Waals surface area contributed by atoms with E-state index in [9.17, 15) is 0 Å². The normalized spacial score (nSPS) is 34.1. The van der Waals surface area contributed by atoms with E-state index in [0.29, 0.717) is 6.67 Å². The van der Waals surface area contributed by atoms with Crippen molar-refractivity contribution < 1.29 is 0 Å². The van der Waals surface area contributed by atoms with Crippen LogP contribution in [0.4, 0.5) is 0 Å². The van der Waals surface area contributed by atoms with Gasteiger partial charge in [-0.25, -0.2) is 0 Å². The molecular weight excluding hydrogens is 126 g/mol. The van der Waals surface area contributed by atoms with Crippen LogP contribution in [0.1, 0.15) is 0 Å². The van der Waals surface area contributed by atoms with Gasteiger partial charge in [0.15, 0.2) is 0 Å². The zero-order valence-corrected chi connectivity index (χ0v) is 5.18. The summed E-state index contributed by atoms with van der Waals surface area (Å²) >= 11 is 3.93. The van der Waals surface area contributed by atoms with E-state index in [1.165, 1.54) is 9.53 Å². The lowest BCUT2D eigenvalue weighted by Crippen LogP contribution is -2.43. The van der Waals surface area contributed by atoms with Gasteiger partial charge < -0.3 is 5.73 Å². The molecule has 0 aromatic carbocycles. The molecule has 0 aromatic rings. The molecule has 5 N–H and O–H groups in total. The van der Waals surface area contributed by atoms with Crippen molar-refractivity contribution in [3.05, 3.63) is 0 Å². The number of nitrogens with zero attached hydrogens (tertiary/aromatic N) is 2. The molecule has 1 fully saturated rings. The fourth-order valence-corrected chi connectivity index (χ4v) is 0.646. The number of thiol groups is 1. The van der Waals surface area contributed by atoms with Crippen LogP contribution in [-0.4, -0.2) is 22.5 Å². The summed E-state index contributed by atoms with van der Waals surface area (Å²) in [7, 11) is 0. The van der Waals surface area contributed by atoms with Gasteiger partial charge in [0.05, 0.1) is 6.67 Å². The maximum absolute atomic E-state index is 5.39. The molecule has 8 heavy (non-hydrogen) atoms. The Hall–Kier alpha value is 0.150. The van der Waals surface area contributed by atoms with E-state index in [2.05, 4.69) is 18.1 Å². The number of hydrogen-bond donors (Lipinski definition) is 4. The Morgan fingerprint density at radius 3 is 2.50 bits per heavy atom. The minimum Gasteiger partial charge on any atom is -0.302 e. The van der Waals surface area contributed by atoms with E-state index in [1.807, 2.05) is 0 Å². The highest BCUT2D eigenvalue weighted by Crippen LogP contribution is 2.01. The van der Waals surface area contributed by atoms with Crippen LogP contribution in [0.2, 0.25) is 0 Å². The van der Waals surface area contributed by atoms with Crippen LogP contribution >= 0.6 is 12.8 Å². The number of nitrogens with two attached hydrogens (primary N) is 2. The highest BCUT2D eigenvalue weighted by Gasteiger charge is 2.22. The van der Waals surface area contributed by atoms with Gasteiger partial charge in [-0.3, -0.25) is 11.2 Å². The summed E-state index contributed by atoms with van der Waals surface area (Å²) in [6.45, 7) is 0.546. The lowest BCUT2D eigenvalue weighted by Gasteiger charge is -2.17. The molecule has 0 spiro atoms. The van der Waals surface area contributed by atoms with Crippen molar-refractivity contribution in [3.63, 3.8) is 0 Å². The Bertz CT molecular complexity index is 76.5. The molecular formula is C2H9N5S. The molecule has 1 aliphatic heterocycles. The molecule has 0 radical (unpaired) electrons. The van der Waals surface area contributed by atoms with E-state index >= 15 is 0 Å². The summed E-state index contributed by atoms with van der Waals surface area (Å²) in [6.07, 6.45) is -0.261. The summed E-state index contributed by atoms with van der Waals surface area (Å²) in [6, 6.07) is 0. The number of nitrogens with one attached hydrogen (secondary N) is 1. The molecule has 1 saturated heterocycles. The fraction of sp³-hybridized carbons (Fsp3) is 1.00. The first kappa shape index (κ1) is 6.27. The molecule has 0 bridgehead atoms. The molecule has 5 nitrogen and oxygen atoms in total. The highest BCUT2D eigenvalue weighted by atomic mass is 32.1. The van der Waals surface area contributed by atoms with Gasteiger partial charge in [-0.1, -0.05) is 12.8 Å². The average Bonchev–Trinajstić information content (AvgIpc) is 1.98. The highest BCUT2D eigenvalue weighted by molar-refractivity contribution is 7.77. The number of rotatable bonds is 0. The van der Waals surface area contributed by atoms with Crippen molar-refractivity contribution >= 4 is 12.8 Å². The van der Waals surface area contributed by atoms with Crippen LogP contribution in [0.3, 0.4) is 0 Å². The first-order valence-electron chi connectivity index (χ1n) is 2.21. The topological polar surface area (TPSA) is 70.5 Å². The van der Waals surface area contributed by atoms with Crippen LogP contribution in [0.25, 0.3) is 0 Å².